The van der Waals surface area contributed by atoms with Crippen molar-refractivity contribution >= 4 is 96.8 Å². The van der Waals surface area contributed by atoms with Crippen LogP contribution in [0.3, 0.4) is 0 Å². The molecule has 8 radical (unpaired) electrons. The quantitative estimate of drug-likeness (QED) is 0.203. The lowest BCUT2D eigenvalue weighted by molar-refractivity contribution is 1.08. The van der Waals surface area contributed by atoms with E-state index >= 15 is 0 Å². The SMILES string of the molecule is [B]c1c([B])c(-n2c3ccccc3c3ccc4c(c5ccccc5n4-c4ccccc4)c32)c([B])c([B])c1-c1nc(-c2ccccc2)nc(-c2ccccc2)n1. The maximum absolute atomic E-state index is 7.16. The molecule has 0 bridgehead atoms. The first-order chi connectivity index (χ1) is 26.5. The Bertz CT molecular complexity index is 3000. The van der Waals surface area contributed by atoms with Crippen LogP contribution in [0.25, 0.3) is 89.2 Å². The van der Waals surface area contributed by atoms with Crippen molar-refractivity contribution in [2.45, 2.75) is 0 Å². The molecule has 10 aromatic rings. The van der Waals surface area contributed by atoms with Gasteiger partial charge in [0.2, 0.25) is 0 Å². The van der Waals surface area contributed by atoms with Crippen LogP contribution in [0.15, 0.2) is 152 Å². The molecule has 0 N–H and O–H groups in total. The van der Waals surface area contributed by atoms with Gasteiger partial charge in [-0.3, -0.25) is 0 Å². The Morgan fingerprint density at radius 2 is 0.852 bits per heavy atom. The number of aromatic nitrogens is 5. The molecule has 0 saturated carbocycles. The maximum Gasteiger partial charge on any atom is 0.164 e. The summed E-state index contributed by atoms with van der Waals surface area (Å²) in [5, 5.41) is 4.24. The highest BCUT2D eigenvalue weighted by atomic mass is 15.0. The highest BCUT2D eigenvalue weighted by Crippen LogP contribution is 2.41. The van der Waals surface area contributed by atoms with E-state index in [4.69, 9.17) is 46.3 Å². The average molecular weight is 679 g/mol. The second-order valence-electron chi connectivity index (χ2n) is 13.3. The fourth-order valence-corrected chi connectivity index (χ4v) is 7.81. The highest BCUT2D eigenvalue weighted by molar-refractivity contribution is 6.61. The van der Waals surface area contributed by atoms with Gasteiger partial charge in [0.05, 0.1) is 22.1 Å². The number of hydrogen-bond acceptors (Lipinski definition) is 3. The Morgan fingerprint density at radius 3 is 1.44 bits per heavy atom. The molecule has 54 heavy (non-hydrogen) atoms. The topological polar surface area (TPSA) is 48.5 Å². The van der Waals surface area contributed by atoms with Gasteiger partial charge in [0, 0.05) is 49.6 Å². The van der Waals surface area contributed by atoms with Crippen LogP contribution in [0.5, 0.6) is 0 Å². The number of hydrogen-bond donors (Lipinski definition) is 0. The fourth-order valence-electron chi connectivity index (χ4n) is 7.81. The van der Waals surface area contributed by atoms with E-state index in [1.165, 1.54) is 0 Å². The first-order valence-electron chi connectivity index (χ1n) is 17.6. The van der Waals surface area contributed by atoms with Crippen molar-refractivity contribution in [3.63, 3.8) is 0 Å². The van der Waals surface area contributed by atoms with Crippen LogP contribution in [-0.4, -0.2) is 55.5 Å². The third kappa shape index (κ3) is 4.81. The van der Waals surface area contributed by atoms with Crippen LogP contribution in [0.4, 0.5) is 0 Å². The average Bonchev–Trinajstić information content (AvgIpc) is 3.74. The summed E-state index contributed by atoms with van der Waals surface area (Å²) >= 11 is 0. The lowest BCUT2D eigenvalue weighted by Gasteiger charge is -2.24. The van der Waals surface area contributed by atoms with Gasteiger partial charge in [-0.05, 0) is 30.3 Å². The normalized spacial score (nSPS) is 11.6. The second kappa shape index (κ2) is 12.5. The molecule has 0 atom stereocenters. The first kappa shape index (κ1) is 32.1. The lowest BCUT2D eigenvalue weighted by Crippen LogP contribution is -2.46. The summed E-state index contributed by atoms with van der Waals surface area (Å²) < 4.78 is 4.41. The fraction of sp³-hybridized carbons (Fsp3) is 0. The Morgan fingerprint density at radius 1 is 0.370 bits per heavy atom. The van der Waals surface area contributed by atoms with E-state index in [2.05, 4.69) is 81.9 Å². The molecule has 0 saturated heterocycles. The third-order valence-electron chi connectivity index (χ3n) is 10.3. The minimum Gasteiger partial charge on any atom is -0.310 e. The predicted octanol–water partition coefficient (Wildman–Crippen LogP) is 6.24. The Labute approximate surface area is 317 Å². The summed E-state index contributed by atoms with van der Waals surface area (Å²) in [6.45, 7) is 0. The van der Waals surface area contributed by atoms with Crippen molar-refractivity contribution in [2.24, 2.45) is 0 Å². The zero-order chi connectivity index (χ0) is 36.5. The Balaban J connectivity index is 1.29. The van der Waals surface area contributed by atoms with Crippen molar-refractivity contribution in [3.8, 4) is 45.5 Å². The summed E-state index contributed by atoms with van der Waals surface area (Å²) in [6, 6.07) is 50.9. The predicted molar refractivity (Wildman–Crippen MR) is 226 cm³/mol. The van der Waals surface area contributed by atoms with Crippen LogP contribution in [0.1, 0.15) is 0 Å². The summed E-state index contributed by atoms with van der Waals surface area (Å²) in [5.74, 6) is 1.22. The standard InChI is InChI=1S/C45H25B4N5/c46-37-36(45-51-43(26-14-4-1-5-15-26)50-44(52-45)27-16-6-2-7-17-27)38(47)40(49)42(39(37)48)54-32-22-12-10-20-29(32)30-24-25-34-35(41(30)54)31-21-11-13-23-33(31)53(34)28-18-8-3-9-19-28/h1-25H. The molecule has 0 fully saturated rings. The molecular formula is C45H25B4N5. The summed E-state index contributed by atoms with van der Waals surface area (Å²) in [7, 11) is 28.4. The van der Waals surface area contributed by atoms with Gasteiger partial charge in [-0.2, -0.15) is 0 Å². The van der Waals surface area contributed by atoms with E-state index in [9.17, 15) is 0 Å². The van der Waals surface area contributed by atoms with E-state index < -0.39 is 0 Å². The third-order valence-corrected chi connectivity index (χ3v) is 10.3. The molecule has 0 aliphatic heterocycles. The molecule has 0 aliphatic rings. The van der Waals surface area contributed by atoms with Gasteiger partial charge >= 0.3 is 0 Å². The van der Waals surface area contributed by atoms with Gasteiger partial charge in [0.15, 0.2) is 17.5 Å². The molecule has 9 heteroatoms. The number of para-hydroxylation sites is 3. The largest absolute Gasteiger partial charge is 0.310 e. The van der Waals surface area contributed by atoms with Crippen molar-refractivity contribution in [2.75, 3.05) is 0 Å². The number of rotatable bonds is 5. The summed E-state index contributed by atoms with van der Waals surface area (Å²) in [4.78, 5) is 14.6. The smallest absolute Gasteiger partial charge is 0.164 e. The summed E-state index contributed by atoms with van der Waals surface area (Å²) in [6.07, 6.45) is 0. The van der Waals surface area contributed by atoms with Crippen LogP contribution < -0.4 is 21.9 Å². The minimum absolute atomic E-state index is 0.228. The molecule has 10 rings (SSSR count). The van der Waals surface area contributed by atoms with E-state index in [1.807, 2.05) is 78.9 Å². The monoisotopic (exact) mass is 679 g/mol. The number of benzene rings is 7. The van der Waals surface area contributed by atoms with Crippen molar-refractivity contribution < 1.29 is 0 Å². The van der Waals surface area contributed by atoms with Gasteiger partial charge in [-0.15, -0.1) is 0 Å². The van der Waals surface area contributed by atoms with Gasteiger partial charge < -0.3 is 9.13 Å². The van der Waals surface area contributed by atoms with E-state index in [0.29, 0.717) is 22.9 Å². The molecular weight excluding hydrogens is 654 g/mol. The number of nitrogens with zero attached hydrogens (tertiary/aromatic N) is 5. The van der Waals surface area contributed by atoms with Crippen molar-refractivity contribution in [1.29, 1.82) is 0 Å². The second-order valence-corrected chi connectivity index (χ2v) is 13.3. The summed E-state index contributed by atoms with van der Waals surface area (Å²) in [5.41, 5.74) is 8.54. The number of fused-ring (bicyclic) bond motifs is 7. The van der Waals surface area contributed by atoms with Gasteiger partial charge in [-0.25, -0.2) is 15.0 Å². The highest BCUT2D eigenvalue weighted by Gasteiger charge is 2.25. The molecule has 242 valence electrons. The first-order valence-corrected chi connectivity index (χ1v) is 17.6. The van der Waals surface area contributed by atoms with Crippen LogP contribution in [0.2, 0.25) is 0 Å². The molecule has 0 amide bonds. The Kier molecular flexibility index (Phi) is 7.44. The van der Waals surface area contributed by atoms with Gasteiger partial charge in [-0.1, -0.05) is 143 Å². The molecule has 7 aromatic carbocycles. The van der Waals surface area contributed by atoms with Crippen LogP contribution in [0, 0.1) is 0 Å². The molecule has 3 heterocycles. The van der Waals surface area contributed by atoms with E-state index in [1.54, 1.807) is 0 Å². The van der Waals surface area contributed by atoms with Crippen LogP contribution in [-0.2, 0) is 0 Å². The molecule has 3 aromatic heterocycles. The molecule has 0 aliphatic carbocycles. The zero-order valence-corrected chi connectivity index (χ0v) is 29.0. The van der Waals surface area contributed by atoms with E-state index in [-0.39, 0.29) is 27.7 Å². The Hall–Kier alpha value is -6.59. The molecule has 5 nitrogen and oxygen atoms in total. The van der Waals surface area contributed by atoms with Gasteiger partial charge in [0.1, 0.15) is 31.4 Å². The molecule has 0 spiro atoms. The van der Waals surface area contributed by atoms with Gasteiger partial charge in [0.25, 0.3) is 0 Å². The van der Waals surface area contributed by atoms with E-state index in [0.717, 1.165) is 60.4 Å². The zero-order valence-electron chi connectivity index (χ0n) is 29.0. The minimum atomic E-state index is 0.228. The van der Waals surface area contributed by atoms with Crippen LogP contribution >= 0.6 is 0 Å². The maximum atomic E-state index is 7.16. The lowest BCUT2D eigenvalue weighted by atomic mass is 9.65. The van der Waals surface area contributed by atoms with Crippen molar-refractivity contribution in [3.05, 3.63) is 152 Å². The molecule has 0 unspecified atom stereocenters. The van der Waals surface area contributed by atoms with Crippen molar-refractivity contribution in [1.82, 2.24) is 24.1 Å².